The fraction of sp³-hybridized carbons (Fsp3) is 0. The van der Waals surface area contributed by atoms with Crippen molar-refractivity contribution in [2.24, 2.45) is 0 Å². The second-order valence-electron chi connectivity index (χ2n) is 19.5. The maximum absolute atomic E-state index is 6.97. The number of hydrogen-bond donors (Lipinski definition) is 0. The van der Waals surface area contributed by atoms with E-state index in [1.807, 2.05) is 0 Å². The molecule has 16 rings (SSSR count). The van der Waals surface area contributed by atoms with Crippen molar-refractivity contribution in [3.05, 3.63) is 212 Å². The van der Waals surface area contributed by atoms with Crippen LogP contribution in [0.5, 0.6) is 23.0 Å². The minimum absolute atomic E-state index is 0.0918. The van der Waals surface area contributed by atoms with Crippen LogP contribution >= 0.6 is 63.7 Å². The van der Waals surface area contributed by atoms with Gasteiger partial charge in [0.1, 0.15) is 23.0 Å². The molecule has 4 heterocycles. The standard InChI is InChI=1S/C64H32B2Br4O2/c67-35-19-21-51-55(25-35)72-58-28-38(70)24-50-46-30-44(42-18-10-8-16-40(42)34-13-5-2-6-14-34)48-32-54-59-45(49-23-37(69)27-57-63(49)66(54)52-22-20-36(68)26-56(52)71-57)29-43(41-17-9-7-15-39(41)33-11-3-1-4-12-33)47-31-53(65(51)64(50)58)60(46)62(48)61(47)59/h1-32H. The Bertz CT molecular complexity index is 4120. The van der Waals surface area contributed by atoms with Crippen LogP contribution in [-0.4, -0.2) is 13.4 Å². The topological polar surface area (TPSA) is 18.5 Å². The van der Waals surface area contributed by atoms with Crippen molar-refractivity contribution in [2.75, 3.05) is 0 Å². The van der Waals surface area contributed by atoms with Crippen molar-refractivity contribution in [1.82, 2.24) is 0 Å². The highest BCUT2D eigenvalue weighted by molar-refractivity contribution is 9.11. The smallest absolute Gasteiger partial charge is 0.252 e. The Kier molecular flexibility index (Phi) is 8.98. The van der Waals surface area contributed by atoms with Gasteiger partial charge in [-0.25, -0.2) is 0 Å². The Balaban J connectivity index is 1.16. The first-order chi connectivity index (χ1) is 35.3. The van der Waals surface area contributed by atoms with Gasteiger partial charge in [0.25, 0.3) is 13.4 Å². The summed E-state index contributed by atoms with van der Waals surface area (Å²) >= 11 is 15.6. The lowest BCUT2D eigenvalue weighted by atomic mass is 9.32. The second-order valence-corrected chi connectivity index (χ2v) is 23.1. The highest BCUT2D eigenvalue weighted by atomic mass is 79.9. The molecule has 4 aliphatic rings. The molecule has 0 radical (unpaired) electrons. The molecule has 2 nitrogen and oxygen atoms in total. The van der Waals surface area contributed by atoms with Crippen LogP contribution in [-0.2, 0) is 0 Å². The number of rotatable bonds is 4. The average Bonchev–Trinajstić information content (AvgIpc) is 3.41. The molecule has 12 aromatic carbocycles. The van der Waals surface area contributed by atoms with Gasteiger partial charge in [-0.2, -0.15) is 0 Å². The summed E-state index contributed by atoms with van der Waals surface area (Å²) < 4.78 is 17.9. The van der Waals surface area contributed by atoms with E-state index in [-0.39, 0.29) is 13.4 Å². The zero-order valence-corrected chi connectivity index (χ0v) is 44.3. The number of benzene rings is 12. The molecule has 0 spiro atoms. The summed E-state index contributed by atoms with van der Waals surface area (Å²) in [5, 5.41) is 7.63. The van der Waals surface area contributed by atoms with Crippen LogP contribution in [0.2, 0.25) is 0 Å². The minimum atomic E-state index is -0.0918. The monoisotopic (exact) mass is 1170 g/mol. The van der Waals surface area contributed by atoms with Crippen LogP contribution in [0.15, 0.2) is 212 Å². The molecule has 0 unspecified atom stereocenters. The molecular weight excluding hydrogens is 1140 g/mol. The molecule has 4 aliphatic heterocycles. The first-order valence-electron chi connectivity index (χ1n) is 24.1. The minimum Gasteiger partial charge on any atom is -0.458 e. The summed E-state index contributed by atoms with van der Waals surface area (Å²) in [4.78, 5) is 0. The van der Waals surface area contributed by atoms with Gasteiger partial charge in [-0.1, -0.05) is 208 Å². The van der Waals surface area contributed by atoms with Crippen molar-refractivity contribution in [3.63, 3.8) is 0 Å². The van der Waals surface area contributed by atoms with E-state index in [9.17, 15) is 0 Å². The van der Waals surface area contributed by atoms with Crippen molar-refractivity contribution in [3.8, 4) is 89.8 Å². The summed E-state index contributed by atoms with van der Waals surface area (Å²) in [5.41, 5.74) is 21.6. The molecule has 12 aromatic rings. The van der Waals surface area contributed by atoms with Gasteiger partial charge < -0.3 is 9.47 Å². The Morgan fingerprint density at radius 2 is 0.653 bits per heavy atom. The summed E-state index contributed by atoms with van der Waals surface area (Å²) in [6.07, 6.45) is 0. The third-order valence-corrected chi connectivity index (χ3v) is 17.7. The maximum Gasteiger partial charge on any atom is 0.252 e. The van der Waals surface area contributed by atoms with Crippen LogP contribution in [0.1, 0.15) is 0 Å². The van der Waals surface area contributed by atoms with E-state index in [0.717, 1.165) is 51.8 Å². The Hall–Kier alpha value is -6.67. The predicted molar refractivity (Wildman–Crippen MR) is 316 cm³/mol. The summed E-state index contributed by atoms with van der Waals surface area (Å²) in [7, 11) is 0. The molecule has 0 N–H and O–H groups in total. The van der Waals surface area contributed by atoms with Crippen LogP contribution < -0.4 is 42.3 Å². The van der Waals surface area contributed by atoms with Gasteiger partial charge in [-0.05, 0) is 182 Å². The lowest BCUT2D eigenvalue weighted by Gasteiger charge is -2.37. The van der Waals surface area contributed by atoms with Crippen LogP contribution in [0.25, 0.3) is 99.1 Å². The zero-order chi connectivity index (χ0) is 47.7. The lowest BCUT2D eigenvalue weighted by Crippen LogP contribution is -2.58. The number of fused-ring (bicyclic) bond motifs is 8. The molecule has 334 valence electrons. The first kappa shape index (κ1) is 41.9. The third kappa shape index (κ3) is 5.84. The fourth-order valence-electron chi connectivity index (χ4n) is 13.0. The molecule has 0 fully saturated rings. The Labute approximate surface area is 449 Å². The van der Waals surface area contributed by atoms with Crippen LogP contribution in [0, 0.1) is 0 Å². The van der Waals surface area contributed by atoms with Gasteiger partial charge in [0.2, 0.25) is 0 Å². The zero-order valence-electron chi connectivity index (χ0n) is 38.0. The normalized spacial score (nSPS) is 13.2. The van der Waals surface area contributed by atoms with E-state index >= 15 is 0 Å². The van der Waals surface area contributed by atoms with Gasteiger partial charge in [0, 0.05) is 17.9 Å². The third-order valence-electron chi connectivity index (χ3n) is 15.8. The van der Waals surface area contributed by atoms with Crippen molar-refractivity contribution < 1.29 is 9.47 Å². The molecule has 0 bridgehead atoms. The van der Waals surface area contributed by atoms with Crippen molar-refractivity contribution in [1.29, 1.82) is 0 Å². The largest absolute Gasteiger partial charge is 0.458 e. The first-order valence-corrected chi connectivity index (χ1v) is 27.3. The highest BCUT2D eigenvalue weighted by Gasteiger charge is 2.44. The van der Waals surface area contributed by atoms with Gasteiger partial charge in [0.05, 0.1) is 0 Å². The molecule has 0 aliphatic carbocycles. The maximum atomic E-state index is 6.97. The molecule has 0 saturated heterocycles. The molecule has 0 saturated carbocycles. The van der Waals surface area contributed by atoms with E-state index in [1.165, 1.54) is 121 Å². The van der Waals surface area contributed by atoms with Crippen molar-refractivity contribution >= 4 is 142 Å². The number of hydrogen-bond acceptors (Lipinski definition) is 2. The Morgan fingerprint density at radius 3 is 1.08 bits per heavy atom. The summed E-state index contributed by atoms with van der Waals surface area (Å²) in [6, 6.07) is 72.0. The molecular formula is C64H32B2Br4O2. The molecule has 8 heteroatoms. The van der Waals surface area contributed by atoms with E-state index in [2.05, 4.69) is 258 Å². The molecule has 72 heavy (non-hydrogen) atoms. The van der Waals surface area contributed by atoms with Crippen molar-refractivity contribution in [2.45, 2.75) is 0 Å². The molecule has 0 atom stereocenters. The number of halogens is 4. The predicted octanol–water partition coefficient (Wildman–Crippen LogP) is 15.5. The quantitative estimate of drug-likeness (QED) is 0.129. The lowest BCUT2D eigenvalue weighted by molar-refractivity contribution is 0.486. The molecule has 0 aromatic heterocycles. The van der Waals surface area contributed by atoms with E-state index in [4.69, 9.17) is 9.47 Å². The molecule has 0 amide bonds. The fourth-order valence-corrected chi connectivity index (χ4v) is 14.6. The highest BCUT2D eigenvalue weighted by Crippen LogP contribution is 2.53. The second kappa shape index (κ2) is 15.4. The van der Waals surface area contributed by atoms with E-state index in [0.29, 0.717) is 0 Å². The van der Waals surface area contributed by atoms with Gasteiger partial charge in [-0.3, -0.25) is 0 Å². The SMILES string of the molecule is Brc1ccc2c(c1)Oc1cc(Br)cc3c1B2c1cc2c(-c4ccccc4-c4ccccc4)cc4c5c(cc6c(-c7ccccc7-c7ccccc7)cc-3c1c6c25)B1c2ccc(Br)cc2Oc2cc(Br)cc-4c21. The van der Waals surface area contributed by atoms with Gasteiger partial charge >= 0.3 is 0 Å². The van der Waals surface area contributed by atoms with Gasteiger partial charge in [-0.15, -0.1) is 0 Å². The number of ether oxygens (including phenoxy) is 2. The van der Waals surface area contributed by atoms with Crippen LogP contribution in [0.4, 0.5) is 0 Å². The summed E-state index contributed by atoms with van der Waals surface area (Å²) in [6.45, 7) is -0.184. The van der Waals surface area contributed by atoms with E-state index < -0.39 is 0 Å². The summed E-state index contributed by atoms with van der Waals surface area (Å²) in [5.74, 6) is 3.49. The Morgan fingerprint density at radius 1 is 0.264 bits per heavy atom. The van der Waals surface area contributed by atoms with Crippen LogP contribution in [0.3, 0.4) is 0 Å². The van der Waals surface area contributed by atoms with E-state index in [1.54, 1.807) is 0 Å². The van der Waals surface area contributed by atoms with Gasteiger partial charge in [0.15, 0.2) is 0 Å². The average molecular weight is 1170 g/mol.